The second-order valence-corrected chi connectivity index (χ2v) is 16.3. The molecule has 0 radical (unpaired) electrons. The van der Waals surface area contributed by atoms with E-state index < -0.39 is 0 Å². The molecule has 0 amide bonds. The fraction of sp³-hybridized carbons (Fsp3) is 0.0370. The zero-order valence-corrected chi connectivity index (χ0v) is 32.5. The number of aromatic nitrogens is 2. The van der Waals surface area contributed by atoms with Crippen LogP contribution in [0.4, 0.5) is 11.4 Å². The van der Waals surface area contributed by atoms with Gasteiger partial charge in [0.05, 0.1) is 22.1 Å². The Morgan fingerprint density at radius 3 is 2.09 bits per heavy atom. The summed E-state index contributed by atoms with van der Waals surface area (Å²) in [6, 6.07) is 64.3. The minimum Gasteiger partial charge on any atom is -0.355 e. The van der Waals surface area contributed by atoms with E-state index >= 15 is 0 Å². The van der Waals surface area contributed by atoms with Crippen molar-refractivity contribution < 1.29 is 0 Å². The van der Waals surface area contributed by atoms with Crippen LogP contribution in [0.2, 0.25) is 0 Å². The molecule has 0 fully saturated rings. The summed E-state index contributed by atoms with van der Waals surface area (Å²) in [4.78, 5) is 0. The minimum atomic E-state index is 1.07. The summed E-state index contributed by atoms with van der Waals surface area (Å²) in [6.45, 7) is 0. The van der Waals surface area contributed by atoms with E-state index in [-0.39, 0.29) is 0 Å². The van der Waals surface area contributed by atoms with Gasteiger partial charge in [-0.15, -0.1) is 11.3 Å². The van der Waals surface area contributed by atoms with Crippen LogP contribution in [-0.2, 0) is 0 Å². The smallest absolute Gasteiger partial charge is 0.0555 e. The van der Waals surface area contributed by atoms with Gasteiger partial charge < -0.3 is 14.5 Å². The molecule has 0 bridgehead atoms. The first-order valence-electron chi connectivity index (χ1n) is 20.1. The lowest BCUT2D eigenvalue weighted by molar-refractivity contribution is 1.02. The summed E-state index contributed by atoms with van der Waals surface area (Å²) < 4.78 is 7.54. The number of hydrogen-bond donors (Lipinski definition) is 1. The van der Waals surface area contributed by atoms with Crippen molar-refractivity contribution >= 4 is 92.2 Å². The highest BCUT2D eigenvalue weighted by Crippen LogP contribution is 2.45. The van der Waals surface area contributed by atoms with E-state index in [2.05, 4.69) is 209 Å². The summed E-state index contributed by atoms with van der Waals surface area (Å²) in [6.07, 6.45) is 9.11. The van der Waals surface area contributed by atoms with Crippen molar-refractivity contribution in [3.8, 4) is 27.9 Å². The number of thiophene rings is 1. The largest absolute Gasteiger partial charge is 0.355 e. The lowest BCUT2D eigenvalue weighted by atomic mass is 10.0. The molecule has 0 aliphatic heterocycles. The minimum absolute atomic E-state index is 1.07. The SMILES string of the molecule is C1=CC(n2c3ccccc3c3cc(-n4c5ccccc5c5c6sc7ccc(-c8cccc(Nc9ccccc9-c9ccccc9)c8)cc7c6ccc54)ccc32)=CCC1. The average Bonchev–Trinajstić information content (AvgIpc) is 3.94. The Balaban J connectivity index is 0.976. The van der Waals surface area contributed by atoms with Crippen LogP contribution in [0, 0.1) is 0 Å². The summed E-state index contributed by atoms with van der Waals surface area (Å²) in [5.74, 6) is 0. The van der Waals surface area contributed by atoms with Gasteiger partial charge in [0.2, 0.25) is 0 Å². The van der Waals surface area contributed by atoms with Gasteiger partial charge in [0, 0.05) is 70.0 Å². The van der Waals surface area contributed by atoms with E-state index in [4.69, 9.17) is 0 Å². The van der Waals surface area contributed by atoms with Crippen LogP contribution in [-0.4, -0.2) is 9.13 Å². The quantitative estimate of drug-likeness (QED) is 0.179. The monoisotopic (exact) mass is 759 g/mol. The van der Waals surface area contributed by atoms with Gasteiger partial charge in [0.1, 0.15) is 0 Å². The number of nitrogens with one attached hydrogen (secondary N) is 1. The Morgan fingerprint density at radius 1 is 0.466 bits per heavy atom. The van der Waals surface area contributed by atoms with Gasteiger partial charge in [-0.3, -0.25) is 0 Å². The molecule has 11 aromatic rings. The third kappa shape index (κ3) is 5.19. The zero-order chi connectivity index (χ0) is 38.2. The molecule has 12 rings (SSSR count). The summed E-state index contributed by atoms with van der Waals surface area (Å²) in [7, 11) is 0. The van der Waals surface area contributed by atoms with Crippen LogP contribution >= 0.6 is 11.3 Å². The fourth-order valence-electron chi connectivity index (χ4n) is 9.28. The molecule has 0 saturated carbocycles. The highest BCUT2D eigenvalue weighted by Gasteiger charge is 2.20. The molecule has 1 N–H and O–H groups in total. The second-order valence-electron chi connectivity index (χ2n) is 15.3. The molecule has 0 unspecified atom stereocenters. The number of rotatable bonds is 6. The lowest BCUT2D eigenvalue weighted by Crippen LogP contribution is -1.97. The molecule has 0 saturated heterocycles. The second kappa shape index (κ2) is 13.2. The molecule has 3 heterocycles. The maximum atomic E-state index is 3.72. The van der Waals surface area contributed by atoms with Crippen LogP contribution in [0.5, 0.6) is 0 Å². The number of benzene rings is 8. The van der Waals surface area contributed by atoms with Crippen molar-refractivity contribution in [2.45, 2.75) is 12.8 Å². The van der Waals surface area contributed by atoms with Crippen molar-refractivity contribution in [1.82, 2.24) is 9.13 Å². The third-order valence-corrected chi connectivity index (χ3v) is 13.1. The molecule has 3 nitrogen and oxygen atoms in total. The van der Waals surface area contributed by atoms with Crippen molar-refractivity contribution in [3.63, 3.8) is 0 Å². The Labute approximate surface area is 340 Å². The summed E-state index contributed by atoms with van der Waals surface area (Å²) in [5.41, 5.74) is 14.3. The van der Waals surface area contributed by atoms with Crippen molar-refractivity contribution in [2.24, 2.45) is 0 Å². The van der Waals surface area contributed by atoms with Gasteiger partial charge in [0.25, 0.3) is 0 Å². The molecule has 58 heavy (non-hydrogen) atoms. The van der Waals surface area contributed by atoms with E-state index in [1.165, 1.54) is 97.4 Å². The highest BCUT2D eigenvalue weighted by atomic mass is 32.1. The zero-order valence-electron chi connectivity index (χ0n) is 31.7. The molecule has 0 atom stereocenters. The first kappa shape index (κ1) is 33.0. The number of hydrogen-bond acceptors (Lipinski definition) is 2. The molecule has 1 aliphatic carbocycles. The Morgan fingerprint density at radius 2 is 1.21 bits per heavy atom. The van der Waals surface area contributed by atoms with Crippen molar-refractivity contribution in [1.29, 1.82) is 0 Å². The Bertz CT molecular complexity index is 3480. The number of para-hydroxylation sites is 3. The van der Waals surface area contributed by atoms with Gasteiger partial charge >= 0.3 is 0 Å². The lowest BCUT2D eigenvalue weighted by Gasteiger charge is -2.13. The van der Waals surface area contributed by atoms with Gasteiger partial charge in [-0.2, -0.15) is 0 Å². The van der Waals surface area contributed by atoms with Crippen LogP contribution in [0.25, 0.3) is 97.4 Å². The van der Waals surface area contributed by atoms with Gasteiger partial charge in [0.15, 0.2) is 0 Å². The molecule has 8 aromatic carbocycles. The molecule has 274 valence electrons. The number of fused-ring (bicyclic) bond motifs is 10. The van der Waals surface area contributed by atoms with E-state index in [1.54, 1.807) is 0 Å². The normalized spacial score (nSPS) is 13.1. The van der Waals surface area contributed by atoms with Gasteiger partial charge in [-0.25, -0.2) is 0 Å². The van der Waals surface area contributed by atoms with E-state index in [0.717, 1.165) is 24.2 Å². The van der Waals surface area contributed by atoms with Crippen LogP contribution in [0.3, 0.4) is 0 Å². The van der Waals surface area contributed by atoms with Crippen LogP contribution < -0.4 is 5.32 Å². The number of nitrogens with zero attached hydrogens (tertiary/aromatic N) is 2. The molecular formula is C54H37N3S. The predicted molar refractivity (Wildman–Crippen MR) is 250 cm³/mol. The maximum Gasteiger partial charge on any atom is 0.0555 e. The van der Waals surface area contributed by atoms with Gasteiger partial charge in [-0.1, -0.05) is 121 Å². The molecule has 4 heteroatoms. The van der Waals surface area contributed by atoms with Crippen LogP contribution in [0.15, 0.2) is 194 Å². The van der Waals surface area contributed by atoms with Crippen molar-refractivity contribution in [3.05, 3.63) is 194 Å². The van der Waals surface area contributed by atoms with Crippen LogP contribution in [0.1, 0.15) is 12.8 Å². The number of allylic oxidation sites excluding steroid dienone is 4. The average molecular weight is 760 g/mol. The third-order valence-electron chi connectivity index (χ3n) is 11.9. The molecule has 3 aromatic heterocycles. The predicted octanol–water partition coefficient (Wildman–Crippen LogP) is 15.5. The first-order chi connectivity index (χ1) is 28.8. The first-order valence-corrected chi connectivity index (χ1v) is 20.9. The topological polar surface area (TPSA) is 21.9 Å². The fourth-order valence-corrected chi connectivity index (χ4v) is 10.5. The highest BCUT2D eigenvalue weighted by molar-refractivity contribution is 7.26. The van der Waals surface area contributed by atoms with E-state index in [9.17, 15) is 0 Å². The molecular weight excluding hydrogens is 723 g/mol. The van der Waals surface area contributed by atoms with Crippen molar-refractivity contribution in [2.75, 3.05) is 5.32 Å². The summed E-state index contributed by atoms with van der Waals surface area (Å²) >= 11 is 1.90. The van der Waals surface area contributed by atoms with Gasteiger partial charge in [-0.05, 0) is 102 Å². The Kier molecular flexibility index (Phi) is 7.54. The summed E-state index contributed by atoms with van der Waals surface area (Å²) in [5, 5.41) is 11.5. The maximum absolute atomic E-state index is 3.72. The van der Waals surface area contributed by atoms with E-state index in [0.29, 0.717) is 0 Å². The van der Waals surface area contributed by atoms with E-state index in [1.807, 2.05) is 11.3 Å². The Hall–Kier alpha value is -7.14. The molecule has 0 spiro atoms. The molecule has 1 aliphatic rings. The standard InChI is InChI=1S/C54H37N3S/c1-3-14-35(15-4-1)41-20-7-10-23-47(41)55-38-17-13-16-36(32-38)37-26-31-52-46(33-37)43-28-30-51-53(54(43)58-52)44-22-9-12-25-49(44)57(51)40-27-29-50-45(34-40)42-21-8-11-24-48(42)56(50)39-18-5-2-6-19-39/h1,3-5,7-34,55H,2,6H2. The number of anilines is 2.